The topological polar surface area (TPSA) is 30.0 Å². The summed E-state index contributed by atoms with van der Waals surface area (Å²) in [7, 11) is 0. The molecule has 0 aliphatic heterocycles. The average Bonchev–Trinajstić information content (AvgIpc) is 2.08. The molecule has 64 valence electrons. The maximum atomic E-state index is 10.2. The first-order valence-corrected chi connectivity index (χ1v) is 4.74. The molecule has 0 atom stereocenters. The van der Waals surface area contributed by atoms with E-state index in [4.69, 9.17) is 11.6 Å². The molecule has 1 aromatic heterocycles. The Labute approximate surface area is 84.1 Å². The fourth-order valence-corrected chi connectivity index (χ4v) is 1.47. The third-order valence-electron chi connectivity index (χ3n) is 1.46. The number of halogens is 2. The van der Waals surface area contributed by atoms with Crippen molar-refractivity contribution < 1.29 is 4.79 Å². The summed E-state index contributed by atoms with van der Waals surface area (Å²) in [5.74, 6) is 0.336. The fraction of sp³-hybridized carbons (Fsp3) is 0.250. The van der Waals surface area contributed by atoms with Gasteiger partial charge < -0.3 is 4.79 Å². The highest BCUT2D eigenvalue weighted by Gasteiger charge is 2.02. The van der Waals surface area contributed by atoms with E-state index in [1.54, 1.807) is 6.07 Å². The van der Waals surface area contributed by atoms with E-state index in [0.717, 1.165) is 22.1 Å². The second kappa shape index (κ2) is 4.58. The Hall–Kier alpha value is -0.410. The van der Waals surface area contributed by atoms with Gasteiger partial charge in [0.1, 0.15) is 10.9 Å². The minimum absolute atomic E-state index is 0.336. The van der Waals surface area contributed by atoms with Gasteiger partial charge in [0.2, 0.25) is 0 Å². The quantitative estimate of drug-likeness (QED) is 0.467. The molecule has 2 nitrogen and oxygen atoms in total. The van der Waals surface area contributed by atoms with Crippen molar-refractivity contribution in [3.8, 4) is 0 Å². The lowest BCUT2D eigenvalue weighted by Crippen LogP contribution is -1.96. The molecule has 0 saturated carbocycles. The Kier molecular flexibility index (Phi) is 3.69. The van der Waals surface area contributed by atoms with Gasteiger partial charge in [0.25, 0.3) is 0 Å². The van der Waals surface area contributed by atoms with Crippen LogP contribution in [0.15, 0.2) is 16.7 Å². The molecule has 4 heteroatoms. The molecule has 0 saturated heterocycles. The highest BCUT2D eigenvalue weighted by atomic mass is 79.9. The number of hydrogen-bond donors (Lipinski definition) is 0. The van der Waals surface area contributed by atoms with E-state index < -0.39 is 0 Å². The van der Waals surface area contributed by atoms with Gasteiger partial charge in [-0.3, -0.25) is 0 Å². The van der Waals surface area contributed by atoms with Crippen molar-refractivity contribution in [1.82, 2.24) is 4.98 Å². The molecule has 0 spiro atoms. The van der Waals surface area contributed by atoms with Crippen LogP contribution in [0.1, 0.15) is 11.3 Å². The van der Waals surface area contributed by atoms with E-state index in [-0.39, 0.29) is 0 Å². The Morgan fingerprint density at radius 3 is 2.92 bits per heavy atom. The molecule has 12 heavy (non-hydrogen) atoms. The van der Waals surface area contributed by atoms with Gasteiger partial charge in [0.05, 0.1) is 11.6 Å². The number of rotatable bonds is 3. The predicted octanol–water partition coefficient (Wildman–Crippen LogP) is 2.32. The third kappa shape index (κ3) is 2.29. The molecule has 0 radical (unpaired) electrons. The molecular formula is C8H7BrClNO. The molecule has 0 fully saturated rings. The Morgan fingerprint density at radius 2 is 2.33 bits per heavy atom. The minimum atomic E-state index is 0.336. The van der Waals surface area contributed by atoms with Crippen LogP contribution in [0.4, 0.5) is 0 Å². The second-order valence-electron chi connectivity index (χ2n) is 2.24. The monoisotopic (exact) mass is 247 g/mol. The number of aromatic nitrogens is 1. The number of aldehydes is 1. The summed E-state index contributed by atoms with van der Waals surface area (Å²) in [5, 5.41) is 0. The van der Waals surface area contributed by atoms with Crippen molar-refractivity contribution in [3.05, 3.63) is 28.0 Å². The highest BCUT2D eigenvalue weighted by molar-refractivity contribution is 9.10. The molecular weight excluding hydrogens is 241 g/mol. The van der Waals surface area contributed by atoms with E-state index in [1.165, 1.54) is 0 Å². The van der Waals surface area contributed by atoms with E-state index in [1.807, 2.05) is 6.07 Å². The zero-order valence-corrected chi connectivity index (χ0v) is 8.60. The van der Waals surface area contributed by atoms with Gasteiger partial charge in [-0.05, 0) is 27.6 Å². The van der Waals surface area contributed by atoms with Gasteiger partial charge in [-0.15, -0.1) is 11.6 Å². The van der Waals surface area contributed by atoms with E-state index in [2.05, 4.69) is 20.9 Å². The van der Waals surface area contributed by atoms with Gasteiger partial charge in [-0.2, -0.15) is 0 Å². The van der Waals surface area contributed by atoms with Crippen molar-refractivity contribution in [3.63, 3.8) is 0 Å². The van der Waals surface area contributed by atoms with Crippen LogP contribution in [0.25, 0.3) is 0 Å². The zero-order chi connectivity index (χ0) is 8.97. The molecule has 0 aliphatic carbocycles. The van der Waals surface area contributed by atoms with Crippen LogP contribution in [0, 0.1) is 0 Å². The summed E-state index contributed by atoms with van der Waals surface area (Å²) in [4.78, 5) is 14.4. The molecule has 0 amide bonds. The van der Waals surface area contributed by atoms with Crippen LogP contribution in [0.3, 0.4) is 0 Å². The number of carbonyl (C=O) groups is 1. The zero-order valence-electron chi connectivity index (χ0n) is 6.26. The van der Waals surface area contributed by atoms with Crippen LogP contribution in [-0.2, 0) is 17.1 Å². The summed E-state index contributed by atoms with van der Waals surface area (Å²) >= 11 is 8.87. The maximum absolute atomic E-state index is 10.2. The normalized spacial score (nSPS) is 9.83. The van der Waals surface area contributed by atoms with Gasteiger partial charge in [-0.1, -0.05) is 6.07 Å². The van der Waals surface area contributed by atoms with Crippen molar-refractivity contribution >= 4 is 33.8 Å². The number of pyridine rings is 1. The number of nitrogens with zero attached hydrogens (tertiary/aromatic N) is 1. The lowest BCUT2D eigenvalue weighted by atomic mass is 10.1. The summed E-state index contributed by atoms with van der Waals surface area (Å²) in [6.45, 7) is 0. The summed E-state index contributed by atoms with van der Waals surface area (Å²) in [6.07, 6.45) is 1.23. The Bertz CT molecular complexity index is 290. The fourth-order valence-electron chi connectivity index (χ4n) is 0.895. The summed E-state index contributed by atoms with van der Waals surface area (Å²) < 4.78 is 0.743. The highest BCUT2D eigenvalue weighted by Crippen LogP contribution is 2.13. The molecule has 0 aliphatic rings. The van der Waals surface area contributed by atoms with E-state index in [9.17, 15) is 4.79 Å². The van der Waals surface area contributed by atoms with Gasteiger partial charge in [0.15, 0.2) is 0 Å². The standard InChI is InChI=1S/C8H7BrClNO/c9-8-2-1-6(3-4-12)7(5-10)11-8/h1-2,4H,3,5H2. The lowest BCUT2D eigenvalue weighted by Gasteiger charge is -2.02. The SMILES string of the molecule is O=CCc1ccc(Br)nc1CCl. The van der Waals surface area contributed by atoms with Crippen molar-refractivity contribution in [1.29, 1.82) is 0 Å². The number of hydrogen-bond acceptors (Lipinski definition) is 2. The molecule has 0 aromatic carbocycles. The molecule has 0 bridgehead atoms. The van der Waals surface area contributed by atoms with Crippen molar-refractivity contribution in [2.24, 2.45) is 0 Å². The first-order valence-electron chi connectivity index (χ1n) is 3.42. The molecule has 0 unspecified atom stereocenters. The van der Waals surface area contributed by atoms with Crippen LogP contribution in [-0.4, -0.2) is 11.3 Å². The average molecular weight is 249 g/mol. The third-order valence-corrected chi connectivity index (χ3v) is 2.16. The molecule has 0 N–H and O–H groups in total. The first kappa shape index (κ1) is 9.68. The van der Waals surface area contributed by atoms with E-state index in [0.29, 0.717) is 12.3 Å². The summed E-state index contributed by atoms with van der Waals surface area (Å²) in [6, 6.07) is 3.65. The Balaban J connectivity index is 3.01. The second-order valence-corrected chi connectivity index (χ2v) is 3.32. The maximum Gasteiger partial charge on any atom is 0.124 e. The van der Waals surface area contributed by atoms with Crippen molar-refractivity contribution in [2.75, 3.05) is 0 Å². The number of alkyl halides is 1. The lowest BCUT2D eigenvalue weighted by molar-refractivity contribution is -0.107. The van der Waals surface area contributed by atoms with Crippen LogP contribution in [0.5, 0.6) is 0 Å². The van der Waals surface area contributed by atoms with Crippen LogP contribution >= 0.6 is 27.5 Å². The van der Waals surface area contributed by atoms with E-state index >= 15 is 0 Å². The molecule has 1 heterocycles. The van der Waals surface area contributed by atoms with Crippen LogP contribution < -0.4 is 0 Å². The Morgan fingerprint density at radius 1 is 1.58 bits per heavy atom. The van der Waals surface area contributed by atoms with Gasteiger partial charge in [0, 0.05) is 6.42 Å². The van der Waals surface area contributed by atoms with Gasteiger partial charge >= 0.3 is 0 Å². The predicted molar refractivity (Wildman–Crippen MR) is 51.3 cm³/mol. The molecule has 1 aromatic rings. The van der Waals surface area contributed by atoms with Crippen molar-refractivity contribution in [2.45, 2.75) is 12.3 Å². The minimum Gasteiger partial charge on any atom is -0.303 e. The largest absolute Gasteiger partial charge is 0.303 e. The molecule has 1 rings (SSSR count). The van der Waals surface area contributed by atoms with Gasteiger partial charge in [-0.25, -0.2) is 4.98 Å². The summed E-state index contributed by atoms with van der Waals surface area (Å²) in [5.41, 5.74) is 1.65. The number of carbonyl (C=O) groups excluding carboxylic acids is 1. The van der Waals surface area contributed by atoms with Crippen LogP contribution in [0.2, 0.25) is 0 Å². The smallest absolute Gasteiger partial charge is 0.124 e. The first-order chi connectivity index (χ1) is 5.77.